The van der Waals surface area contributed by atoms with Gasteiger partial charge in [0.1, 0.15) is 0 Å². The van der Waals surface area contributed by atoms with E-state index < -0.39 is 0 Å². The van der Waals surface area contributed by atoms with Gasteiger partial charge in [-0.3, -0.25) is 4.79 Å². The van der Waals surface area contributed by atoms with Crippen LogP contribution in [-0.4, -0.2) is 49.9 Å². The Balaban J connectivity index is 1.71. The first kappa shape index (κ1) is 17.0. The molecule has 1 fully saturated rings. The minimum atomic E-state index is 0.169. The van der Waals surface area contributed by atoms with Crippen LogP contribution in [0.5, 0.6) is 0 Å². The second-order valence-corrected chi connectivity index (χ2v) is 7.43. The van der Waals surface area contributed by atoms with Crippen LogP contribution in [0.3, 0.4) is 0 Å². The molecule has 6 nitrogen and oxygen atoms in total. The van der Waals surface area contributed by atoms with Gasteiger partial charge < -0.3 is 4.90 Å². The normalized spacial score (nSPS) is 18.0. The van der Waals surface area contributed by atoms with E-state index in [4.69, 9.17) is 0 Å². The van der Waals surface area contributed by atoms with Gasteiger partial charge in [-0.2, -0.15) is 4.68 Å². The number of tetrazole rings is 1. The summed E-state index contributed by atoms with van der Waals surface area (Å²) in [4.78, 5) is 14.4. The topological polar surface area (TPSA) is 63.9 Å². The minimum Gasteiger partial charge on any atom is -0.342 e. The first-order chi connectivity index (χ1) is 11.6. The molecule has 0 N–H and O–H groups in total. The van der Waals surface area contributed by atoms with Gasteiger partial charge in [0, 0.05) is 13.1 Å². The van der Waals surface area contributed by atoms with E-state index in [2.05, 4.69) is 22.4 Å². The van der Waals surface area contributed by atoms with Crippen molar-refractivity contribution in [3.8, 4) is 5.69 Å². The highest BCUT2D eigenvalue weighted by Gasteiger charge is 2.22. The molecule has 2 aromatic rings. The summed E-state index contributed by atoms with van der Waals surface area (Å²) in [6.45, 7) is 8.01. The summed E-state index contributed by atoms with van der Waals surface area (Å²) in [5.74, 6) is 1.13. The first-order valence-corrected chi connectivity index (χ1v) is 9.30. The lowest BCUT2D eigenvalue weighted by atomic mass is 10.0. The van der Waals surface area contributed by atoms with E-state index in [1.165, 1.54) is 18.2 Å². The Hall–Kier alpha value is -1.89. The van der Waals surface area contributed by atoms with Gasteiger partial charge in [-0.05, 0) is 54.2 Å². The Labute approximate surface area is 146 Å². The van der Waals surface area contributed by atoms with Crippen molar-refractivity contribution < 1.29 is 4.79 Å². The maximum atomic E-state index is 12.4. The van der Waals surface area contributed by atoms with Gasteiger partial charge in [0.05, 0.1) is 11.4 Å². The number of benzene rings is 1. The maximum absolute atomic E-state index is 12.4. The number of para-hydroxylation sites is 1. The lowest BCUT2D eigenvalue weighted by Gasteiger charge is -2.30. The second kappa shape index (κ2) is 7.34. The molecule has 2 heterocycles. The van der Waals surface area contributed by atoms with Gasteiger partial charge in [-0.15, -0.1) is 5.10 Å². The molecule has 0 spiro atoms. The molecule has 1 atom stereocenters. The quantitative estimate of drug-likeness (QED) is 0.797. The highest BCUT2D eigenvalue weighted by molar-refractivity contribution is 7.99. The van der Waals surface area contributed by atoms with Crippen molar-refractivity contribution in [3.63, 3.8) is 0 Å². The molecule has 0 aliphatic carbocycles. The fourth-order valence-electron chi connectivity index (χ4n) is 3.18. The molecule has 1 amide bonds. The zero-order chi connectivity index (χ0) is 17.1. The van der Waals surface area contributed by atoms with Crippen molar-refractivity contribution in [1.29, 1.82) is 0 Å². The molecule has 0 saturated carbocycles. The van der Waals surface area contributed by atoms with Crippen LogP contribution in [0.1, 0.15) is 30.9 Å². The smallest absolute Gasteiger partial charge is 0.233 e. The number of nitrogens with zero attached hydrogens (tertiary/aromatic N) is 5. The molecule has 3 rings (SSSR count). The van der Waals surface area contributed by atoms with E-state index in [0.717, 1.165) is 36.3 Å². The molecule has 7 heteroatoms. The summed E-state index contributed by atoms with van der Waals surface area (Å²) in [6, 6.07) is 6.10. The zero-order valence-corrected chi connectivity index (χ0v) is 15.2. The third-order valence-corrected chi connectivity index (χ3v) is 5.33. The number of piperidine rings is 1. The lowest BCUT2D eigenvalue weighted by molar-refractivity contribution is -0.130. The van der Waals surface area contributed by atoms with Gasteiger partial charge in [0.25, 0.3) is 0 Å². The number of thioether (sulfide) groups is 1. The van der Waals surface area contributed by atoms with E-state index in [-0.39, 0.29) is 5.91 Å². The van der Waals surface area contributed by atoms with Crippen molar-refractivity contribution in [2.75, 3.05) is 18.8 Å². The summed E-state index contributed by atoms with van der Waals surface area (Å²) in [5.41, 5.74) is 3.21. The number of likely N-dealkylation sites (tertiary alicyclic amines) is 1. The number of rotatable bonds is 4. The van der Waals surface area contributed by atoms with Gasteiger partial charge in [-0.25, -0.2) is 0 Å². The van der Waals surface area contributed by atoms with Gasteiger partial charge in [0.2, 0.25) is 11.1 Å². The van der Waals surface area contributed by atoms with Crippen LogP contribution < -0.4 is 0 Å². The van der Waals surface area contributed by atoms with Crippen molar-refractivity contribution in [3.05, 3.63) is 29.3 Å². The SMILES string of the molecule is Cc1cccc(C)c1-n1nnnc1SCC(=O)N1CCC[C@H](C)C1. The Morgan fingerprint density at radius 2 is 2.08 bits per heavy atom. The molecule has 1 aliphatic heterocycles. The van der Waals surface area contributed by atoms with Gasteiger partial charge >= 0.3 is 0 Å². The zero-order valence-electron chi connectivity index (χ0n) is 14.4. The van der Waals surface area contributed by atoms with Crippen molar-refractivity contribution in [2.45, 2.75) is 38.8 Å². The molecule has 1 aromatic carbocycles. The Kier molecular flexibility index (Phi) is 5.18. The van der Waals surface area contributed by atoms with Crippen molar-refractivity contribution in [1.82, 2.24) is 25.1 Å². The average molecular weight is 345 g/mol. The summed E-state index contributed by atoms with van der Waals surface area (Å²) in [5, 5.41) is 12.7. The number of hydrogen-bond donors (Lipinski definition) is 0. The van der Waals surface area contributed by atoms with Crippen LogP contribution in [-0.2, 0) is 4.79 Å². The maximum Gasteiger partial charge on any atom is 0.233 e. The number of aryl methyl sites for hydroxylation is 2. The monoisotopic (exact) mass is 345 g/mol. The summed E-state index contributed by atoms with van der Waals surface area (Å²) < 4.78 is 1.74. The molecule has 128 valence electrons. The third-order valence-electron chi connectivity index (χ3n) is 4.43. The third kappa shape index (κ3) is 3.61. The largest absolute Gasteiger partial charge is 0.342 e. The Morgan fingerprint density at radius 3 is 2.79 bits per heavy atom. The number of hydrogen-bond acceptors (Lipinski definition) is 5. The summed E-state index contributed by atoms with van der Waals surface area (Å²) >= 11 is 1.40. The Bertz CT molecular complexity index is 709. The van der Waals surface area contributed by atoms with Crippen LogP contribution in [0.15, 0.2) is 23.4 Å². The number of amides is 1. The van der Waals surface area contributed by atoms with E-state index in [9.17, 15) is 4.79 Å². The predicted molar refractivity (Wildman–Crippen MR) is 94.3 cm³/mol. The molecule has 0 unspecified atom stereocenters. The number of carbonyl (C=O) groups excluding carboxylic acids is 1. The fraction of sp³-hybridized carbons (Fsp3) is 0.529. The van der Waals surface area contributed by atoms with Crippen molar-refractivity contribution in [2.24, 2.45) is 5.92 Å². The average Bonchev–Trinajstić information content (AvgIpc) is 3.00. The van der Waals surface area contributed by atoms with E-state index in [1.807, 2.05) is 36.9 Å². The van der Waals surface area contributed by atoms with Crippen LogP contribution >= 0.6 is 11.8 Å². The number of aromatic nitrogens is 4. The van der Waals surface area contributed by atoms with Crippen LogP contribution in [0.4, 0.5) is 0 Å². The van der Waals surface area contributed by atoms with Gasteiger partial charge in [-0.1, -0.05) is 36.9 Å². The standard InChI is InChI=1S/C17H23N5OS/c1-12-6-5-9-21(10-12)15(23)11-24-17-18-19-20-22(17)16-13(2)7-4-8-14(16)3/h4,7-8,12H,5-6,9-11H2,1-3H3/t12-/m0/s1. The van der Waals surface area contributed by atoms with Crippen LogP contribution in [0.2, 0.25) is 0 Å². The van der Waals surface area contributed by atoms with Gasteiger partial charge in [0.15, 0.2) is 0 Å². The Morgan fingerprint density at radius 1 is 1.33 bits per heavy atom. The van der Waals surface area contributed by atoms with Crippen molar-refractivity contribution >= 4 is 17.7 Å². The lowest BCUT2D eigenvalue weighted by Crippen LogP contribution is -2.40. The molecule has 0 bridgehead atoms. The molecular formula is C17H23N5OS. The first-order valence-electron chi connectivity index (χ1n) is 8.32. The molecule has 24 heavy (non-hydrogen) atoms. The highest BCUT2D eigenvalue weighted by atomic mass is 32.2. The van der Waals surface area contributed by atoms with Crippen LogP contribution in [0, 0.1) is 19.8 Å². The second-order valence-electron chi connectivity index (χ2n) is 6.49. The van der Waals surface area contributed by atoms with E-state index in [1.54, 1.807) is 4.68 Å². The van der Waals surface area contributed by atoms with E-state index in [0.29, 0.717) is 16.8 Å². The number of carbonyl (C=O) groups is 1. The molecule has 1 saturated heterocycles. The summed E-state index contributed by atoms with van der Waals surface area (Å²) in [7, 11) is 0. The minimum absolute atomic E-state index is 0.169. The predicted octanol–water partition coefficient (Wildman–Crippen LogP) is 2.63. The van der Waals surface area contributed by atoms with E-state index >= 15 is 0 Å². The molecule has 1 aromatic heterocycles. The summed E-state index contributed by atoms with van der Waals surface area (Å²) in [6.07, 6.45) is 2.31. The van der Waals surface area contributed by atoms with Crippen LogP contribution in [0.25, 0.3) is 5.69 Å². The molecule has 0 radical (unpaired) electrons. The fourth-order valence-corrected chi connectivity index (χ4v) is 3.96. The highest BCUT2D eigenvalue weighted by Crippen LogP contribution is 2.24. The molecular weight excluding hydrogens is 322 g/mol. The molecule has 1 aliphatic rings.